The summed E-state index contributed by atoms with van der Waals surface area (Å²) < 4.78 is 0. The minimum Gasteiger partial charge on any atom is -0.511 e. The van der Waals surface area contributed by atoms with Crippen LogP contribution in [0.25, 0.3) is 0 Å². The molecule has 1 fully saturated rings. The summed E-state index contributed by atoms with van der Waals surface area (Å²) in [5.41, 5.74) is 1.08. The average molecular weight is 449 g/mol. The molecule has 0 bridgehead atoms. The number of carbonyl (C=O) groups is 1. The molecular weight excluding hydrogens is 420 g/mol. The number of hydrogen-bond acceptors (Lipinski definition) is 5. The van der Waals surface area contributed by atoms with E-state index in [1.807, 2.05) is 38.1 Å². The van der Waals surface area contributed by atoms with Crippen molar-refractivity contribution in [3.05, 3.63) is 40.6 Å². The number of benzene rings is 1. The molecule has 0 saturated carbocycles. The number of aliphatic hydroxyl groups is 1. The lowest BCUT2D eigenvalue weighted by atomic mass is 9.77. The molecule has 0 atom stereocenters. The molecule has 8 heteroatoms. The molecule has 30 heavy (non-hydrogen) atoms. The summed E-state index contributed by atoms with van der Waals surface area (Å²) in [4.78, 5) is 21.1. The molecule has 1 aliphatic carbocycles. The lowest BCUT2D eigenvalue weighted by Gasteiger charge is -2.36. The Balaban J connectivity index is 1.41. The highest BCUT2D eigenvalue weighted by Crippen LogP contribution is 2.35. The Labute approximate surface area is 188 Å². The van der Waals surface area contributed by atoms with Crippen molar-refractivity contribution in [2.24, 2.45) is 10.4 Å². The fraction of sp³-hybridized carbons (Fsp3) is 0.500. The summed E-state index contributed by atoms with van der Waals surface area (Å²) in [6, 6.07) is 7.52. The van der Waals surface area contributed by atoms with Crippen LogP contribution in [0.2, 0.25) is 5.02 Å². The maximum Gasteiger partial charge on any atom is 0.173 e. The summed E-state index contributed by atoms with van der Waals surface area (Å²) in [7, 11) is 0. The van der Waals surface area contributed by atoms with Crippen LogP contribution in [0, 0.1) is 5.41 Å². The number of halogens is 1. The highest BCUT2D eigenvalue weighted by Gasteiger charge is 2.32. The number of hydrogen-bond donors (Lipinski definition) is 2. The van der Waals surface area contributed by atoms with E-state index in [0.29, 0.717) is 35.1 Å². The molecule has 0 aromatic heterocycles. The Morgan fingerprint density at radius 1 is 1.30 bits per heavy atom. The standard InChI is InChI=1S/C22H29ClN4O2S/c1-22(2)13-19(28)18(20(29)14-22)15-24-6-7-26-8-10-27(11-9-26)21(30)25-17-5-3-4-16(23)12-17/h3-5,12,15,28H,6-11,13-14H2,1-2H3,(H,25,30). The molecule has 6 nitrogen and oxygen atoms in total. The van der Waals surface area contributed by atoms with E-state index in [2.05, 4.69) is 20.1 Å². The number of piperazine rings is 1. The van der Waals surface area contributed by atoms with Crippen molar-refractivity contribution in [3.63, 3.8) is 0 Å². The van der Waals surface area contributed by atoms with E-state index in [0.717, 1.165) is 38.4 Å². The zero-order valence-electron chi connectivity index (χ0n) is 17.5. The molecule has 0 spiro atoms. The van der Waals surface area contributed by atoms with E-state index in [9.17, 15) is 9.90 Å². The van der Waals surface area contributed by atoms with Gasteiger partial charge >= 0.3 is 0 Å². The van der Waals surface area contributed by atoms with Crippen LogP contribution in [0.1, 0.15) is 26.7 Å². The van der Waals surface area contributed by atoms with Crippen molar-refractivity contribution in [1.82, 2.24) is 9.80 Å². The number of ketones is 1. The SMILES string of the molecule is CC1(C)CC(=O)C(C=NCCN2CCN(C(=S)Nc3cccc(Cl)c3)CC2)=C(O)C1. The fourth-order valence-corrected chi connectivity index (χ4v) is 4.24. The van der Waals surface area contributed by atoms with Crippen LogP contribution in [-0.2, 0) is 4.79 Å². The number of nitrogens with zero attached hydrogens (tertiary/aromatic N) is 3. The maximum atomic E-state index is 12.2. The number of Topliss-reactive ketones (excluding diaryl/α,β-unsaturated/α-hetero) is 1. The minimum absolute atomic E-state index is 0.0261. The van der Waals surface area contributed by atoms with Crippen molar-refractivity contribution >= 4 is 46.6 Å². The Morgan fingerprint density at radius 3 is 2.70 bits per heavy atom. The molecule has 1 heterocycles. The van der Waals surface area contributed by atoms with Crippen molar-refractivity contribution in [3.8, 4) is 0 Å². The smallest absolute Gasteiger partial charge is 0.173 e. The van der Waals surface area contributed by atoms with Gasteiger partial charge < -0.3 is 15.3 Å². The fourth-order valence-electron chi connectivity index (χ4n) is 3.75. The average Bonchev–Trinajstić information content (AvgIpc) is 2.66. The van der Waals surface area contributed by atoms with Crippen LogP contribution < -0.4 is 5.32 Å². The minimum atomic E-state index is -0.180. The van der Waals surface area contributed by atoms with Gasteiger partial charge in [-0.3, -0.25) is 14.7 Å². The molecule has 162 valence electrons. The zero-order chi connectivity index (χ0) is 21.7. The quantitative estimate of drug-likeness (QED) is 0.525. The highest BCUT2D eigenvalue weighted by atomic mass is 35.5. The number of aliphatic imine (C=N–C) groups is 1. The van der Waals surface area contributed by atoms with Gasteiger partial charge in [0.2, 0.25) is 0 Å². The molecule has 1 aromatic carbocycles. The first-order valence-electron chi connectivity index (χ1n) is 10.2. The number of nitrogens with one attached hydrogen (secondary N) is 1. The van der Waals surface area contributed by atoms with Crippen molar-refractivity contribution in [2.75, 3.05) is 44.6 Å². The van der Waals surface area contributed by atoms with Gasteiger partial charge in [-0.1, -0.05) is 31.5 Å². The largest absolute Gasteiger partial charge is 0.511 e. The first-order valence-corrected chi connectivity index (χ1v) is 11.0. The zero-order valence-corrected chi connectivity index (χ0v) is 19.1. The highest BCUT2D eigenvalue weighted by molar-refractivity contribution is 7.80. The van der Waals surface area contributed by atoms with Crippen molar-refractivity contribution in [1.29, 1.82) is 0 Å². The third-order valence-electron chi connectivity index (χ3n) is 5.40. The Morgan fingerprint density at radius 2 is 2.03 bits per heavy atom. The van der Waals surface area contributed by atoms with Gasteiger partial charge in [-0.05, 0) is 35.8 Å². The predicted molar refractivity (Wildman–Crippen MR) is 127 cm³/mol. The van der Waals surface area contributed by atoms with Gasteiger partial charge in [0, 0.05) is 62.5 Å². The van der Waals surface area contributed by atoms with Gasteiger partial charge in [0.1, 0.15) is 5.76 Å². The first kappa shape index (κ1) is 22.7. The number of thiocarbonyl (C=S) groups is 1. The Bertz CT molecular complexity index is 860. The third kappa shape index (κ3) is 6.27. The lowest BCUT2D eigenvalue weighted by molar-refractivity contribution is -0.117. The summed E-state index contributed by atoms with van der Waals surface area (Å²) in [6.45, 7) is 8.87. The number of allylic oxidation sites excluding steroid dienone is 2. The van der Waals surface area contributed by atoms with Gasteiger partial charge in [0.25, 0.3) is 0 Å². The topological polar surface area (TPSA) is 68.2 Å². The normalized spacial score (nSPS) is 20.1. The van der Waals surface area contributed by atoms with Gasteiger partial charge in [0.15, 0.2) is 10.9 Å². The van der Waals surface area contributed by atoms with Crippen molar-refractivity contribution in [2.45, 2.75) is 26.7 Å². The number of carbonyl (C=O) groups excluding carboxylic acids is 1. The van der Waals surface area contributed by atoms with E-state index < -0.39 is 0 Å². The van der Waals surface area contributed by atoms with Crippen LogP contribution in [-0.4, -0.2) is 71.3 Å². The Kier molecular flexibility index (Phi) is 7.50. The molecule has 2 N–H and O–H groups in total. The Hall–Kier alpha value is -1.96. The van der Waals surface area contributed by atoms with Crippen LogP contribution >= 0.6 is 23.8 Å². The van der Waals surface area contributed by atoms with E-state index in [1.54, 1.807) is 6.21 Å². The maximum absolute atomic E-state index is 12.2. The second-order valence-corrected chi connectivity index (χ2v) is 9.43. The van der Waals surface area contributed by atoms with Gasteiger partial charge in [-0.15, -0.1) is 0 Å². The van der Waals surface area contributed by atoms with Crippen molar-refractivity contribution < 1.29 is 9.90 Å². The molecule has 1 aliphatic heterocycles. The first-order chi connectivity index (χ1) is 14.2. The predicted octanol–water partition coefficient (Wildman–Crippen LogP) is 3.93. The molecule has 1 aromatic rings. The lowest BCUT2D eigenvalue weighted by Crippen LogP contribution is -2.50. The number of anilines is 1. The van der Waals surface area contributed by atoms with Gasteiger partial charge in [0.05, 0.1) is 12.1 Å². The van der Waals surface area contributed by atoms with E-state index in [4.69, 9.17) is 23.8 Å². The monoisotopic (exact) mass is 448 g/mol. The summed E-state index contributed by atoms with van der Waals surface area (Å²) in [5, 5.41) is 14.8. The third-order valence-corrected chi connectivity index (χ3v) is 5.99. The van der Waals surface area contributed by atoms with Crippen LogP contribution in [0.4, 0.5) is 5.69 Å². The molecule has 2 aliphatic rings. The molecule has 0 amide bonds. The van der Waals surface area contributed by atoms with E-state index in [-0.39, 0.29) is 17.0 Å². The van der Waals surface area contributed by atoms with Gasteiger partial charge in [-0.25, -0.2) is 0 Å². The van der Waals surface area contributed by atoms with Crippen LogP contribution in [0.3, 0.4) is 0 Å². The van der Waals surface area contributed by atoms with E-state index in [1.165, 1.54) is 0 Å². The second kappa shape index (κ2) is 9.90. The van der Waals surface area contributed by atoms with Crippen LogP contribution in [0.5, 0.6) is 0 Å². The molecular formula is C22H29ClN4O2S. The second-order valence-electron chi connectivity index (χ2n) is 8.61. The van der Waals surface area contributed by atoms with E-state index >= 15 is 0 Å². The summed E-state index contributed by atoms with van der Waals surface area (Å²) in [5.74, 6) is 0.135. The number of aliphatic hydroxyl groups excluding tert-OH is 1. The molecule has 0 unspecified atom stereocenters. The number of rotatable bonds is 5. The molecule has 3 rings (SSSR count). The summed E-state index contributed by atoms with van der Waals surface area (Å²) >= 11 is 11.5. The van der Waals surface area contributed by atoms with Crippen LogP contribution in [0.15, 0.2) is 40.6 Å². The van der Waals surface area contributed by atoms with Gasteiger partial charge in [-0.2, -0.15) is 0 Å². The molecule has 0 radical (unpaired) electrons. The molecule has 1 saturated heterocycles. The summed E-state index contributed by atoms with van der Waals surface area (Å²) in [6.07, 6.45) is 2.52.